The van der Waals surface area contributed by atoms with E-state index >= 15 is 0 Å². The Bertz CT molecular complexity index is 361. The highest BCUT2D eigenvalue weighted by Gasteiger charge is 2.29. The number of amides is 1. The number of aryl methyl sites for hydroxylation is 1. The van der Waals surface area contributed by atoms with Gasteiger partial charge in [0.25, 0.3) is 5.91 Å². The molecule has 1 atom stereocenters. The lowest BCUT2D eigenvalue weighted by molar-refractivity contribution is 0.0715. The molecular weight excluding hydrogens is 214 g/mol. The summed E-state index contributed by atoms with van der Waals surface area (Å²) in [6.45, 7) is 2.62. The maximum absolute atomic E-state index is 12.0. The van der Waals surface area contributed by atoms with E-state index in [0.29, 0.717) is 11.6 Å². The average molecular weight is 228 g/mol. The van der Waals surface area contributed by atoms with Gasteiger partial charge < -0.3 is 9.32 Å². The van der Waals surface area contributed by atoms with Gasteiger partial charge in [0.2, 0.25) is 0 Å². The maximum Gasteiger partial charge on any atom is 0.289 e. The number of rotatable bonds is 2. The van der Waals surface area contributed by atoms with Gasteiger partial charge in [-0.25, -0.2) is 0 Å². The van der Waals surface area contributed by atoms with Crippen LogP contribution in [-0.4, -0.2) is 29.3 Å². The Morgan fingerprint density at radius 2 is 2.47 bits per heavy atom. The smallest absolute Gasteiger partial charge is 0.289 e. The molecule has 1 unspecified atom stereocenters. The summed E-state index contributed by atoms with van der Waals surface area (Å²) in [5, 5.41) is 0. The number of hydrogen-bond acceptors (Lipinski definition) is 2. The number of carbonyl (C=O) groups excluding carboxylic acids is 1. The van der Waals surface area contributed by atoms with E-state index in [2.05, 4.69) is 0 Å². The van der Waals surface area contributed by atoms with E-state index < -0.39 is 0 Å². The zero-order valence-corrected chi connectivity index (χ0v) is 9.46. The lowest BCUT2D eigenvalue weighted by Gasteiger charge is -2.21. The Hall–Kier alpha value is -0.960. The number of halogens is 1. The molecule has 1 saturated heterocycles. The molecular formula is C11H14ClNO2. The lowest BCUT2D eigenvalue weighted by Crippen LogP contribution is -2.36. The second kappa shape index (κ2) is 4.27. The zero-order chi connectivity index (χ0) is 10.8. The first-order valence-corrected chi connectivity index (χ1v) is 5.69. The highest BCUT2D eigenvalue weighted by molar-refractivity contribution is 6.18. The van der Waals surface area contributed by atoms with Crippen molar-refractivity contribution < 1.29 is 9.21 Å². The molecule has 0 aromatic carbocycles. The fourth-order valence-corrected chi connectivity index (χ4v) is 2.28. The Balaban J connectivity index is 2.13. The fraction of sp³-hybridized carbons (Fsp3) is 0.545. The lowest BCUT2D eigenvalue weighted by atomic mass is 10.2. The topological polar surface area (TPSA) is 33.5 Å². The number of hydrogen-bond donors (Lipinski definition) is 0. The second-order valence-electron chi connectivity index (χ2n) is 3.86. The van der Waals surface area contributed by atoms with Crippen molar-refractivity contribution in [2.45, 2.75) is 25.8 Å². The minimum absolute atomic E-state index is 0.0359. The van der Waals surface area contributed by atoms with E-state index in [9.17, 15) is 4.79 Å². The van der Waals surface area contributed by atoms with Crippen molar-refractivity contribution >= 4 is 17.5 Å². The second-order valence-corrected chi connectivity index (χ2v) is 4.17. The van der Waals surface area contributed by atoms with Crippen LogP contribution in [0.25, 0.3) is 0 Å². The summed E-state index contributed by atoms with van der Waals surface area (Å²) in [5.41, 5.74) is 0. The molecule has 4 heteroatoms. The Kier molecular flexibility index (Phi) is 3.00. The quantitative estimate of drug-likeness (QED) is 0.728. The highest BCUT2D eigenvalue weighted by Crippen LogP contribution is 2.21. The van der Waals surface area contributed by atoms with Gasteiger partial charge in [0, 0.05) is 18.5 Å². The van der Waals surface area contributed by atoms with Crippen molar-refractivity contribution in [2.24, 2.45) is 0 Å². The predicted molar refractivity (Wildman–Crippen MR) is 58.2 cm³/mol. The molecule has 1 aromatic heterocycles. The van der Waals surface area contributed by atoms with E-state index in [4.69, 9.17) is 16.0 Å². The van der Waals surface area contributed by atoms with E-state index in [-0.39, 0.29) is 11.9 Å². The van der Waals surface area contributed by atoms with Crippen molar-refractivity contribution in [2.75, 3.05) is 12.4 Å². The van der Waals surface area contributed by atoms with Crippen molar-refractivity contribution in [3.8, 4) is 0 Å². The van der Waals surface area contributed by atoms with Crippen LogP contribution >= 0.6 is 11.6 Å². The molecule has 15 heavy (non-hydrogen) atoms. The minimum Gasteiger partial charge on any atom is -0.456 e. The number of likely N-dealkylation sites (tertiary alicyclic amines) is 1. The van der Waals surface area contributed by atoms with E-state index in [1.807, 2.05) is 11.8 Å². The van der Waals surface area contributed by atoms with Gasteiger partial charge in [0.15, 0.2) is 5.76 Å². The van der Waals surface area contributed by atoms with Crippen LogP contribution in [0.4, 0.5) is 0 Å². The normalized spacial score (nSPS) is 20.9. The molecule has 0 spiro atoms. The van der Waals surface area contributed by atoms with Crippen LogP contribution in [0.2, 0.25) is 0 Å². The van der Waals surface area contributed by atoms with Crippen molar-refractivity contribution in [1.82, 2.24) is 4.90 Å². The molecule has 2 heterocycles. The molecule has 0 N–H and O–H groups in total. The molecule has 0 aliphatic carbocycles. The van der Waals surface area contributed by atoms with Crippen LogP contribution in [0.5, 0.6) is 0 Å². The van der Waals surface area contributed by atoms with Crippen LogP contribution in [0, 0.1) is 6.92 Å². The SMILES string of the molecule is Cc1ccc(C(=O)N2CCCC2CCl)o1. The largest absolute Gasteiger partial charge is 0.456 e. The van der Waals surface area contributed by atoms with Crippen molar-refractivity contribution in [1.29, 1.82) is 0 Å². The first kappa shape index (κ1) is 10.6. The van der Waals surface area contributed by atoms with Gasteiger partial charge in [-0.1, -0.05) is 0 Å². The van der Waals surface area contributed by atoms with E-state index in [1.54, 1.807) is 12.1 Å². The molecule has 0 bridgehead atoms. The molecule has 0 saturated carbocycles. The molecule has 1 fully saturated rings. The highest BCUT2D eigenvalue weighted by atomic mass is 35.5. The van der Waals surface area contributed by atoms with E-state index in [0.717, 1.165) is 25.1 Å². The summed E-state index contributed by atoms with van der Waals surface area (Å²) >= 11 is 5.81. The summed E-state index contributed by atoms with van der Waals surface area (Å²) < 4.78 is 5.32. The minimum atomic E-state index is -0.0359. The summed E-state index contributed by atoms with van der Waals surface area (Å²) in [6.07, 6.45) is 2.03. The molecule has 82 valence electrons. The first-order chi connectivity index (χ1) is 7.22. The Labute approximate surface area is 94.0 Å². The van der Waals surface area contributed by atoms with Crippen LogP contribution < -0.4 is 0 Å². The van der Waals surface area contributed by atoms with Crippen molar-refractivity contribution in [3.05, 3.63) is 23.7 Å². The Morgan fingerprint density at radius 3 is 3.07 bits per heavy atom. The standard InChI is InChI=1S/C11H14ClNO2/c1-8-4-5-10(15-8)11(14)13-6-2-3-9(13)7-12/h4-5,9H,2-3,6-7H2,1H3. The number of nitrogens with zero attached hydrogens (tertiary/aromatic N) is 1. The number of alkyl halides is 1. The van der Waals surface area contributed by atoms with Gasteiger partial charge in [-0.05, 0) is 31.9 Å². The Morgan fingerprint density at radius 1 is 1.67 bits per heavy atom. The molecule has 2 rings (SSSR count). The summed E-state index contributed by atoms with van der Waals surface area (Å²) in [7, 11) is 0. The van der Waals surface area contributed by atoms with Gasteiger partial charge in [0.05, 0.1) is 0 Å². The van der Waals surface area contributed by atoms with Gasteiger partial charge in [-0.15, -0.1) is 11.6 Å². The predicted octanol–water partition coefficient (Wildman–Crippen LogP) is 2.43. The number of furan rings is 1. The molecule has 1 aliphatic rings. The maximum atomic E-state index is 12.0. The molecule has 1 aliphatic heterocycles. The van der Waals surface area contributed by atoms with Crippen molar-refractivity contribution in [3.63, 3.8) is 0 Å². The third-order valence-electron chi connectivity index (χ3n) is 2.77. The summed E-state index contributed by atoms with van der Waals surface area (Å²) in [5.74, 6) is 1.65. The fourth-order valence-electron chi connectivity index (χ4n) is 1.95. The molecule has 1 aromatic rings. The molecule has 0 radical (unpaired) electrons. The molecule has 1 amide bonds. The first-order valence-electron chi connectivity index (χ1n) is 5.15. The third-order valence-corrected chi connectivity index (χ3v) is 3.12. The monoisotopic (exact) mass is 227 g/mol. The van der Waals surface area contributed by atoms with Crippen LogP contribution in [0.1, 0.15) is 29.2 Å². The third kappa shape index (κ3) is 2.02. The number of carbonyl (C=O) groups is 1. The average Bonchev–Trinajstić information content (AvgIpc) is 2.84. The van der Waals surface area contributed by atoms with Crippen LogP contribution in [0.15, 0.2) is 16.5 Å². The van der Waals surface area contributed by atoms with Crippen LogP contribution in [-0.2, 0) is 0 Å². The van der Waals surface area contributed by atoms with Gasteiger partial charge in [0.1, 0.15) is 5.76 Å². The van der Waals surface area contributed by atoms with Crippen LogP contribution in [0.3, 0.4) is 0 Å². The van der Waals surface area contributed by atoms with Gasteiger partial charge in [-0.3, -0.25) is 4.79 Å². The summed E-state index contributed by atoms with van der Waals surface area (Å²) in [4.78, 5) is 13.8. The van der Waals surface area contributed by atoms with Gasteiger partial charge in [-0.2, -0.15) is 0 Å². The molecule has 3 nitrogen and oxygen atoms in total. The van der Waals surface area contributed by atoms with E-state index in [1.165, 1.54) is 0 Å². The zero-order valence-electron chi connectivity index (χ0n) is 8.70. The summed E-state index contributed by atoms with van der Waals surface area (Å²) in [6, 6.07) is 3.70. The van der Waals surface area contributed by atoms with Gasteiger partial charge >= 0.3 is 0 Å².